The zero-order valence-electron chi connectivity index (χ0n) is 11.5. The molecule has 0 unspecified atom stereocenters. The van der Waals surface area contributed by atoms with Crippen LogP contribution >= 0.6 is 0 Å². The topological polar surface area (TPSA) is 58.4 Å². The van der Waals surface area contributed by atoms with Crippen LogP contribution in [0.1, 0.15) is 42.2 Å². The number of aromatic nitrogens is 2. The van der Waals surface area contributed by atoms with Gasteiger partial charge in [-0.1, -0.05) is 6.92 Å². The van der Waals surface area contributed by atoms with Gasteiger partial charge in [0, 0.05) is 33.4 Å². The fourth-order valence-electron chi connectivity index (χ4n) is 1.92. The molecule has 1 aromatic heterocycles. The van der Waals surface area contributed by atoms with E-state index in [1.807, 2.05) is 21.0 Å². The molecule has 0 radical (unpaired) electrons. The van der Waals surface area contributed by atoms with E-state index in [2.05, 4.69) is 5.10 Å². The van der Waals surface area contributed by atoms with Gasteiger partial charge in [-0.25, -0.2) is 0 Å². The Kier molecular flexibility index (Phi) is 5.85. The summed E-state index contributed by atoms with van der Waals surface area (Å²) in [7, 11) is 3.64. The van der Waals surface area contributed by atoms with Crippen LogP contribution in [0.2, 0.25) is 0 Å². The lowest BCUT2D eigenvalue weighted by molar-refractivity contribution is 0.0791. The first-order valence-corrected chi connectivity index (χ1v) is 6.49. The minimum atomic E-state index is 0.0314. The lowest BCUT2D eigenvalue weighted by atomic mass is 10.2. The van der Waals surface area contributed by atoms with Crippen LogP contribution < -0.4 is 0 Å². The largest absolute Gasteiger partial charge is 0.396 e. The molecule has 1 rings (SSSR count). The molecular weight excluding hydrogens is 230 g/mol. The molecule has 0 aromatic carbocycles. The summed E-state index contributed by atoms with van der Waals surface area (Å²) in [6.07, 6.45) is 5.22. The molecule has 0 aliphatic rings. The van der Waals surface area contributed by atoms with Crippen molar-refractivity contribution in [1.29, 1.82) is 0 Å². The van der Waals surface area contributed by atoms with Crippen molar-refractivity contribution in [3.63, 3.8) is 0 Å². The van der Waals surface area contributed by atoms with Crippen LogP contribution in [-0.2, 0) is 13.5 Å². The third kappa shape index (κ3) is 3.84. The van der Waals surface area contributed by atoms with E-state index in [9.17, 15) is 4.79 Å². The molecule has 5 heteroatoms. The van der Waals surface area contributed by atoms with E-state index >= 15 is 0 Å². The zero-order chi connectivity index (χ0) is 13.5. The third-order valence-corrected chi connectivity index (χ3v) is 2.97. The lowest BCUT2D eigenvalue weighted by Crippen LogP contribution is -2.28. The van der Waals surface area contributed by atoms with Crippen molar-refractivity contribution < 1.29 is 9.90 Å². The second-order valence-electron chi connectivity index (χ2n) is 4.53. The van der Waals surface area contributed by atoms with Gasteiger partial charge in [0.15, 0.2) is 0 Å². The summed E-state index contributed by atoms with van der Waals surface area (Å²) in [6, 6.07) is 0. The third-order valence-electron chi connectivity index (χ3n) is 2.97. The van der Waals surface area contributed by atoms with Gasteiger partial charge in [-0.05, 0) is 25.7 Å². The molecular formula is C13H23N3O2. The van der Waals surface area contributed by atoms with Crippen molar-refractivity contribution in [2.45, 2.75) is 32.6 Å². The van der Waals surface area contributed by atoms with E-state index in [0.717, 1.165) is 37.9 Å². The maximum atomic E-state index is 12.2. The van der Waals surface area contributed by atoms with E-state index in [4.69, 9.17) is 5.11 Å². The summed E-state index contributed by atoms with van der Waals surface area (Å²) in [6.45, 7) is 2.94. The summed E-state index contributed by atoms with van der Waals surface area (Å²) in [5.74, 6) is 0.0314. The van der Waals surface area contributed by atoms with Gasteiger partial charge in [-0.2, -0.15) is 5.10 Å². The second-order valence-corrected chi connectivity index (χ2v) is 4.53. The highest BCUT2D eigenvalue weighted by atomic mass is 16.2. The smallest absolute Gasteiger partial charge is 0.257 e. The highest BCUT2D eigenvalue weighted by molar-refractivity contribution is 5.94. The standard InChI is InChI=1S/C13H23N3O2/c1-4-12-11(10-16(3)14-12)13(18)15(2)8-6-5-7-9-17/h10,17H,4-9H2,1-3H3. The Morgan fingerprint density at radius 3 is 2.78 bits per heavy atom. The average Bonchev–Trinajstić information content (AvgIpc) is 2.74. The number of carbonyl (C=O) groups excluding carboxylic acids is 1. The number of unbranched alkanes of at least 4 members (excludes halogenated alkanes) is 2. The summed E-state index contributed by atoms with van der Waals surface area (Å²) in [5.41, 5.74) is 1.55. The van der Waals surface area contributed by atoms with E-state index in [1.54, 1.807) is 15.8 Å². The predicted octanol–water partition coefficient (Wildman–Crippen LogP) is 1.22. The van der Waals surface area contributed by atoms with Gasteiger partial charge in [0.25, 0.3) is 5.91 Å². The number of rotatable bonds is 7. The highest BCUT2D eigenvalue weighted by Crippen LogP contribution is 2.10. The minimum Gasteiger partial charge on any atom is -0.396 e. The van der Waals surface area contributed by atoms with Crippen molar-refractivity contribution in [2.75, 3.05) is 20.2 Å². The Balaban J connectivity index is 2.57. The molecule has 1 heterocycles. The van der Waals surface area contributed by atoms with E-state index in [1.165, 1.54) is 0 Å². The molecule has 0 fully saturated rings. The van der Waals surface area contributed by atoms with Crippen molar-refractivity contribution >= 4 is 5.91 Å². The number of amides is 1. The number of aliphatic hydroxyl groups excluding tert-OH is 1. The van der Waals surface area contributed by atoms with Gasteiger partial charge in [0.1, 0.15) is 0 Å². The zero-order valence-corrected chi connectivity index (χ0v) is 11.5. The molecule has 0 aliphatic carbocycles. The number of carbonyl (C=O) groups is 1. The number of hydrogen-bond donors (Lipinski definition) is 1. The predicted molar refractivity (Wildman–Crippen MR) is 70.5 cm³/mol. The van der Waals surface area contributed by atoms with Gasteiger partial charge in [0.05, 0.1) is 11.3 Å². The maximum Gasteiger partial charge on any atom is 0.257 e. The molecule has 0 saturated heterocycles. The normalized spacial score (nSPS) is 10.7. The highest BCUT2D eigenvalue weighted by Gasteiger charge is 2.17. The van der Waals surface area contributed by atoms with Crippen molar-refractivity contribution in [3.8, 4) is 0 Å². The quantitative estimate of drug-likeness (QED) is 0.743. The van der Waals surface area contributed by atoms with Crippen molar-refractivity contribution in [2.24, 2.45) is 7.05 Å². The van der Waals surface area contributed by atoms with Crippen molar-refractivity contribution in [3.05, 3.63) is 17.5 Å². The Morgan fingerprint density at radius 2 is 2.17 bits per heavy atom. The molecule has 1 N–H and O–H groups in total. The average molecular weight is 253 g/mol. The summed E-state index contributed by atoms with van der Waals surface area (Å²) in [5, 5.41) is 13.0. The van der Waals surface area contributed by atoms with E-state index < -0.39 is 0 Å². The van der Waals surface area contributed by atoms with Crippen LogP contribution in [0.5, 0.6) is 0 Å². The first kappa shape index (κ1) is 14.7. The lowest BCUT2D eigenvalue weighted by Gasteiger charge is -2.16. The van der Waals surface area contributed by atoms with Crippen LogP contribution in [0.4, 0.5) is 0 Å². The van der Waals surface area contributed by atoms with Gasteiger partial charge in [0.2, 0.25) is 0 Å². The van der Waals surface area contributed by atoms with E-state index in [-0.39, 0.29) is 12.5 Å². The molecule has 0 saturated carbocycles. The Morgan fingerprint density at radius 1 is 1.44 bits per heavy atom. The summed E-state index contributed by atoms with van der Waals surface area (Å²) >= 11 is 0. The van der Waals surface area contributed by atoms with Gasteiger partial charge >= 0.3 is 0 Å². The van der Waals surface area contributed by atoms with E-state index in [0.29, 0.717) is 5.56 Å². The summed E-state index contributed by atoms with van der Waals surface area (Å²) < 4.78 is 1.69. The summed E-state index contributed by atoms with van der Waals surface area (Å²) in [4.78, 5) is 14.0. The molecule has 1 amide bonds. The monoisotopic (exact) mass is 253 g/mol. The Bertz CT molecular complexity index is 388. The SMILES string of the molecule is CCc1nn(C)cc1C(=O)N(C)CCCCCO. The molecule has 18 heavy (non-hydrogen) atoms. The number of hydrogen-bond acceptors (Lipinski definition) is 3. The number of aryl methyl sites for hydroxylation is 2. The first-order chi connectivity index (χ1) is 8.60. The number of nitrogens with zero attached hydrogens (tertiary/aromatic N) is 3. The van der Waals surface area contributed by atoms with Crippen LogP contribution in [0.15, 0.2) is 6.20 Å². The maximum absolute atomic E-state index is 12.2. The fraction of sp³-hybridized carbons (Fsp3) is 0.692. The molecule has 0 aliphatic heterocycles. The van der Waals surface area contributed by atoms with Crippen LogP contribution in [-0.4, -0.2) is 45.9 Å². The van der Waals surface area contributed by atoms with Gasteiger partial charge in [-0.3, -0.25) is 9.48 Å². The van der Waals surface area contributed by atoms with Crippen LogP contribution in [0.25, 0.3) is 0 Å². The van der Waals surface area contributed by atoms with Crippen LogP contribution in [0, 0.1) is 0 Å². The first-order valence-electron chi connectivity index (χ1n) is 6.49. The molecule has 5 nitrogen and oxygen atoms in total. The number of aliphatic hydroxyl groups is 1. The Hall–Kier alpha value is -1.36. The molecule has 0 spiro atoms. The minimum absolute atomic E-state index is 0.0314. The van der Waals surface area contributed by atoms with Crippen LogP contribution in [0.3, 0.4) is 0 Å². The van der Waals surface area contributed by atoms with Gasteiger partial charge in [-0.15, -0.1) is 0 Å². The van der Waals surface area contributed by atoms with Crippen molar-refractivity contribution in [1.82, 2.24) is 14.7 Å². The molecule has 0 bridgehead atoms. The second kappa shape index (κ2) is 7.16. The molecule has 1 aromatic rings. The fourth-order valence-corrected chi connectivity index (χ4v) is 1.92. The van der Waals surface area contributed by atoms with Gasteiger partial charge < -0.3 is 10.0 Å². The molecule has 102 valence electrons. The Labute approximate surface area is 108 Å². The molecule has 0 atom stereocenters.